The van der Waals surface area contributed by atoms with Crippen LogP contribution in [0.2, 0.25) is 5.02 Å². The molecule has 0 fully saturated rings. The molecule has 0 bridgehead atoms. The molecule has 1 aliphatic carbocycles. The monoisotopic (exact) mass is 549 g/mol. The van der Waals surface area contributed by atoms with E-state index in [9.17, 15) is 14.7 Å². The highest BCUT2D eigenvalue weighted by molar-refractivity contribution is 6.30. The summed E-state index contributed by atoms with van der Waals surface area (Å²) in [6.45, 7) is 7.62. The number of aliphatic hydroxyl groups excluding tert-OH is 1. The molecule has 0 spiro atoms. The Bertz CT molecular complexity index is 1350. The van der Waals surface area contributed by atoms with Crippen LogP contribution in [-0.4, -0.2) is 47.4 Å². The molecule has 0 saturated carbocycles. The molecule has 206 valence electrons. The summed E-state index contributed by atoms with van der Waals surface area (Å²) in [5.74, 6) is -0.360. The van der Waals surface area contributed by atoms with E-state index in [1.807, 2.05) is 39.8 Å². The third-order valence-corrected chi connectivity index (χ3v) is 7.31. The first-order valence-corrected chi connectivity index (χ1v) is 13.6. The number of methoxy groups -OCH3 is 1. The van der Waals surface area contributed by atoms with Gasteiger partial charge in [-0.2, -0.15) is 0 Å². The fourth-order valence-corrected chi connectivity index (χ4v) is 5.20. The first kappa shape index (κ1) is 28.7. The Morgan fingerprint density at radius 2 is 1.77 bits per heavy atom. The second-order valence-corrected chi connectivity index (χ2v) is 11.5. The molecule has 0 saturated heterocycles. The lowest BCUT2D eigenvalue weighted by atomic mass is 9.85. The minimum absolute atomic E-state index is 0.115. The molecule has 3 aromatic carbocycles. The molecule has 0 radical (unpaired) electrons. The van der Waals surface area contributed by atoms with Crippen molar-refractivity contribution < 1.29 is 24.2 Å². The van der Waals surface area contributed by atoms with Gasteiger partial charge >= 0.3 is 12.1 Å². The zero-order valence-electron chi connectivity index (χ0n) is 23.2. The van der Waals surface area contributed by atoms with Gasteiger partial charge in [0.25, 0.3) is 0 Å². The van der Waals surface area contributed by atoms with Gasteiger partial charge in [0.15, 0.2) is 0 Å². The minimum atomic E-state index is -0.876. The van der Waals surface area contributed by atoms with E-state index in [1.54, 1.807) is 35.2 Å². The molecule has 3 aromatic rings. The van der Waals surface area contributed by atoms with E-state index >= 15 is 0 Å². The molecular weight excluding hydrogens is 514 g/mol. The number of carbonyl (C=O) groups excluding carboxylic acids is 2. The van der Waals surface area contributed by atoms with Gasteiger partial charge in [0.1, 0.15) is 5.60 Å². The third-order valence-electron chi connectivity index (χ3n) is 7.06. The van der Waals surface area contributed by atoms with Crippen molar-refractivity contribution in [2.24, 2.45) is 0 Å². The van der Waals surface area contributed by atoms with Gasteiger partial charge in [0, 0.05) is 11.1 Å². The Morgan fingerprint density at radius 1 is 1.05 bits per heavy atom. The molecule has 39 heavy (non-hydrogen) atoms. The highest BCUT2D eigenvalue weighted by Crippen LogP contribution is 2.32. The summed E-state index contributed by atoms with van der Waals surface area (Å²) in [5.41, 5.74) is 6.03. The van der Waals surface area contributed by atoms with Crippen molar-refractivity contribution in [2.45, 2.75) is 64.7 Å². The highest BCUT2D eigenvalue weighted by atomic mass is 35.5. The second-order valence-electron chi connectivity index (χ2n) is 11.1. The number of amides is 1. The van der Waals surface area contributed by atoms with Crippen LogP contribution < -0.4 is 0 Å². The summed E-state index contributed by atoms with van der Waals surface area (Å²) in [6, 6.07) is 18.9. The molecule has 1 amide bonds. The molecule has 0 aliphatic heterocycles. The number of nitrogens with zero attached hydrogens (tertiary/aromatic N) is 1. The Balaban J connectivity index is 1.60. The van der Waals surface area contributed by atoms with Crippen molar-refractivity contribution in [3.63, 3.8) is 0 Å². The summed E-state index contributed by atoms with van der Waals surface area (Å²) in [4.78, 5) is 27.0. The average molecular weight is 550 g/mol. The Hall–Kier alpha value is -3.35. The first-order valence-electron chi connectivity index (χ1n) is 13.2. The number of esters is 1. The van der Waals surface area contributed by atoms with Crippen molar-refractivity contribution in [3.05, 3.63) is 93.5 Å². The number of halogens is 1. The maximum Gasteiger partial charge on any atom is 0.410 e. The van der Waals surface area contributed by atoms with Crippen molar-refractivity contribution in [3.8, 4) is 11.1 Å². The van der Waals surface area contributed by atoms with Crippen molar-refractivity contribution in [1.29, 1.82) is 0 Å². The molecule has 0 aromatic heterocycles. The quantitative estimate of drug-likeness (QED) is 0.337. The SMILES string of the molecule is COC(=O)c1ccc(-c2ccc3c(c2)CC(N(CC(O)c2ccc(Cl)cc2)C(=O)OC(C)(C)C)CC3)c(C)c1. The van der Waals surface area contributed by atoms with Gasteiger partial charge in [-0.3, -0.25) is 0 Å². The van der Waals surface area contributed by atoms with E-state index in [0.717, 1.165) is 35.1 Å². The van der Waals surface area contributed by atoms with Crippen LogP contribution in [0.4, 0.5) is 4.79 Å². The van der Waals surface area contributed by atoms with Gasteiger partial charge in [-0.25, -0.2) is 9.59 Å². The molecule has 0 heterocycles. The minimum Gasteiger partial charge on any atom is -0.465 e. The van der Waals surface area contributed by atoms with E-state index in [4.69, 9.17) is 21.1 Å². The van der Waals surface area contributed by atoms with Gasteiger partial charge < -0.3 is 19.5 Å². The number of carbonyl (C=O) groups is 2. The lowest BCUT2D eigenvalue weighted by Crippen LogP contribution is -2.47. The van der Waals surface area contributed by atoms with Crippen LogP contribution >= 0.6 is 11.6 Å². The normalized spacial score (nSPS) is 15.7. The van der Waals surface area contributed by atoms with E-state index in [2.05, 4.69) is 18.2 Å². The summed E-state index contributed by atoms with van der Waals surface area (Å²) in [7, 11) is 1.38. The van der Waals surface area contributed by atoms with Gasteiger partial charge in [0.2, 0.25) is 0 Å². The molecular formula is C32H36ClNO5. The lowest BCUT2D eigenvalue weighted by molar-refractivity contribution is 0.00195. The predicted octanol–water partition coefficient (Wildman–Crippen LogP) is 6.93. The van der Waals surface area contributed by atoms with Crippen LogP contribution in [0.15, 0.2) is 60.7 Å². The zero-order valence-corrected chi connectivity index (χ0v) is 23.9. The van der Waals surface area contributed by atoms with E-state index < -0.39 is 17.8 Å². The number of ether oxygens (including phenoxy) is 2. The summed E-state index contributed by atoms with van der Waals surface area (Å²) >= 11 is 6.02. The van der Waals surface area contributed by atoms with Gasteiger partial charge in [-0.15, -0.1) is 0 Å². The van der Waals surface area contributed by atoms with Crippen LogP contribution in [0, 0.1) is 6.92 Å². The van der Waals surface area contributed by atoms with Crippen molar-refractivity contribution in [2.75, 3.05) is 13.7 Å². The Morgan fingerprint density at radius 3 is 2.41 bits per heavy atom. The van der Waals surface area contributed by atoms with Crippen molar-refractivity contribution >= 4 is 23.7 Å². The Labute approximate surface area is 235 Å². The van der Waals surface area contributed by atoms with Gasteiger partial charge in [-0.05, 0) is 105 Å². The molecule has 4 rings (SSSR count). The molecule has 1 aliphatic rings. The van der Waals surface area contributed by atoms with E-state index in [-0.39, 0.29) is 18.6 Å². The van der Waals surface area contributed by atoms with Crippen LogP contribution in [0.5, 0.6) is 0 Å². The fraction of sp³-hybridized carbons (Fsp3) is 0.375. The van der Waals surface area contributed by atoms with Gasteiger partial charge in [0.05, 0.1) is 25.3 Å². The van der Waals surface area contributed by atoms with Crippen LogP contribution in [0.25, 0.3) is 11.1 Å². The smallest absolute Gasteiger partial charge is 0.410 e. The summed E-state index contributed by atoms with van der Waals surface area (Å²) in [6.07, 6.45) is 0.922. The number of benzene rings is 3. The highest BCUT2D eigenvalue weighted by Gasteiger charge is 2.33. The Kier molecular flexibility index (Phi) is 8.67. The largest absolute Gasteiger partial charge is 0.465 e. The molecule has 7 heteroatoms. The maximum atomic E-state index is 13.4. The van der Waals surface area contributed by atoms with E-state index in [0.29, 0.717) is 22.6 Å². The zero-order chi connectivity index (χ0) is 28.3. The number of fused-ring (bicyclic) bond motifs is 1. The molecule has 6 nitrogen and oxygen atoms in total. The first-order chi connectivity index (χ1) is 18.4. The molecule has 2 unspecified atom stereocenters. The summed E-state index contributed by atoms with van der Waals surface area (Å²) < 4.78 is 10.6. The van der Waals surface area contributed by atoms with Crippen LogP contribution in [0.3, 0.4) is 0 Å². The summed E-state index contributed by atoms with van der Waals surface area (Å²) in [5, 5.41) is 11.6. The number of aryl methyl sites for hydroxylation is 2. The third kappa shape index (κ3) is 7.00. The van der Waals surface area contributed by atoms with Crippen LogP contribution in [0.1, 0.15) is 65.9 Å². The predicted molar refractivity (Wildman–Crippen MR) is 153 cm³/mol. The number of hydrogen-bond donors (Lipinski definition) is 1. The number of rotatable bonds is 6. The second kappa shape index (κ2) is 11.8. The standard InChI is InChI=1S/C32H36ClNO5/c1-20-16-24(30(36)38-5)11-15-28(20)23-7-6-21-10-14-27(18-25(21)17-23)34(31(37)39-32(2,3)4)19-29(35)22-8-12-26(33)13-9-22/h6-9,11-13,15-17,27,29,35H,10,14,18-19H2,1-5H3. The fourth-order valence-electron chi connectivity index (χ4n) is 5.07. The number of hydrogen-bond acceptors (Lipinski definition) is 5. The van der Waals surface area contributed by atoms with E-state index in [1.165, 1.54) is 12.7 Å². The topological polar surface area (TPSA) is 76.1 Å². The van der Waals surface area contributed by atoms with Crippen LogP contribution in [-0.2, 0) is 22.3 Å². The van der Waals surface area contributed by atoms with Gasteiger partial charge in [-0.1, -0.05) is 48.0 Å². The molecule has 2 atom stereocenters. The lowest BCUT2D eigenvalue weighted by Gasteiger charge is -2.37. The number of aliphatic hydroxyl groups is 1. The molecule has 1 N–H and O–H groups in total. The van der Waals surface area contributed by atoms with Crippen molar-refractivity contribution in [1.82, 2.24) is 4.90 Å². The average Bonchev–Trinajstić information content (AvgIpc) is 2.89. The maximum absolute atomic E-state index is 13.4.